The zero-order chi connectivity index (χ0) is 16.9. The number of aryl methyl sites for hydroxylation is 1. The molecule has 1 amide bonds. The van der Waals surface area contributed by atoms with Crippen molar-refractivity contribution in [1.82, 2.24) is 9.88 Å². The van der Waals surface area contributed by atoms with Gasteiger partial charge in [0, 0.05) is 18.4 Å². The molecule has 3 aromatic rings. The number of rotatable bonds is 4. The van der Waals surface area contributed by atoms with Crippen LogP contribution in [0.5, 0.6) is 0 Å². The van der Waals surface area contributed by atoms with Gasteiger partial charge < -0.3 is 9.88 Å². The van der Waals surface area contributed by atoms with Gasteiger partial charge in [-0.25, -0.2) is 0 Å². The maximum atomic E-state index is 12.7. The van der Waals surface area contributed by atoms with Crippen LogP contribution in [0.2, 0.25) is 0 Å². The number of nitrogens with one attached hydrogen (secondary N) is 1. The fourth-order valence-electron chi connectivity index (χ4n) is 2.61. The van der Waals surface area contributed by atoms with E-state index >= 15 is 0 Å². The fourth-order valence-corrected chi connectivity index (χ4v) is 2.61. The first kappa shape index (κ1) is 15.6. The molecule has 0 radical (unpaired) electrons. The van der Waals surface area contributed by atoms with E-state index in [1.54, 1.807) is 16.8 Å². The van der Waals surface area contributed by atoms with Crippen LogP contribution in [0, 0.1) is 18.3 Å². The average molecular weight is 315 g/mol. The summed E-state index contributed by atoms with van der Waals surface area (Å²) in [6.45, 7) is 2.41. The van der Waals surface area contributed by atoms with Gasteiger partial charge in [-0.15, -0.1) is 0 Å². The number of aromatic nitrogens is 1. The molecular formula is C20H17N3O. The zero-order valence-electron chi connectivity index (χ0n) is 13.4. The summed E-state index contributed by atoms with van der Waals surface area (Å²) in [4.78, 5) is 12.7. The van der Waals surface area contributed by atoms with Gasteiger partial charge in [-0.1, -0.05) is 42.5 Å². The Hall–Kier alpha value is -3.32. The van der Waals surface area contributed by atoms with Gasteiger partial charge in [0.1, 0.15) is 11.8 Å². The maximum Gasteiger partial charge on any atom is 0.269 e. The molecule has 0 unspecified atom stereocenters. The molecule has 118 valence electrons. The van der Waals surface area contributed by atoms with E-state index in [4.69, 9.17) is 0 Å². The Morgan fingerprint density at radius 1 is 1.12 bits per heavy atom. The third-order valence-electron chi connectivity index (χ3n) is 3.80. The van der Waals surface area contributed by atoms with Crippen LogP contribution < -0.4 is 5.32 Å². The minimum absolute atomic E-state index is 0.262. The molecule has 2 aromatic carbocycles. The third-order valence-corrected chi connectivity index (χ3v) is 3.80. The standard InChI is InChI=1S/C20H17N3O/c1-15-6-5-9-18(12-15)23-11-10-17(13-21)19(23)20(24)22-14-16-7-3-2-4-8-16/h2-12H,14H2,1H3,(H,22,24). The molecule has 0 spiro atoms. The number of hydrogen-bond donors (Lipinski definition) is 1. The van der Waals surface area contributed by atoms with Crippen molar-refractivity contribution in [3.8, 4) is 11.8 Å². The summed E-state index contributed by atoms with van der Waals surface area (Å²) in [6.07, 6.45) is 1.75. The summed E-state index contributed by atoms with van der Waals surface area (Å²) in [6, 6.07) is 21.3. The van der Waals surface area contributed by atoms with Gasteiger partial charge in [0.25, 0.3) is 5.91 Å². The number of nitrogens with zero attached hydrogens (tertiary/aromatic N) is 2. The Morgan fingerprint density at radius 2 is 1.92 bits per heavy atom. The fraction of sp³-hybridized carbons (Fsp3) is 0.100. The lowest BCUT2D eigenvalue weighted by molar-refractivity contribution is 0.0944. The summed E-state index contributed by atoms with van der Waals surface area (Å²) in [7, 11) is 0. The van der Waals surface area contributed by atoms with Gasteiger partial charge >= 0.3 is 0 Å². The van der Waals surface area contributed by atoms with Crippen molar-refractivity contribution in [2.75, 3.05) is 0 Å². The first-order valence-electron chi connectivity index (χ1n) is 7.69. The Morgan fingerprint density at radius 3 is 2.62 bits per heavy atom. The summed E-state index contributed by atoms with van der Waals surface area (Å²) in [5.41, 5.74) is 3.69. The lowest BCUT2D eigenvalue weighted by Gasteiger charge is -2.11. The predicted molar refractivity (Wildman–Crippen MR) is 92.8 cm³/mol. The van der Waals surface area contributed by atoms with E-state index in [2.05, 4.69) is 11.4 Å². The van der Waals surface area contributed by atoms with Crippen molar-refractivity contribution < 1.29 is 4.79 Å². The molecule has 3 rings (SSSR count). The normalized spacial score (nSPS) is 10.2. The van der Waals surface area contributed by atoms with Crippen molar-refractivity contribution in [3.05, 3.63) is 89.2 Å². The third kappa shape index (κ3) is 3.21. The van der Waals surface area contributed by atoms with Crippen molar-refractivity contribution in [3.63, 3.8) is 0 Å². The highest BCUT2D eigenvalue weighted by Crippen LogP contribution is 2.18. The van der Waals surface area contributed by atoms with E-state index in [1.165, 1.54) is 0 Å². The number of hydrogen-bond acceptors (Lipinski definition) is 2. The summed E-state index contributed by atoms with van der Waals surface area (Å²) < 4.78 is 1.76. The van der Waals surface area contributed by atoms with E-state index in [0.29, 0.717) is 17.8 Å². The Kier molecular flexibility index (Phi) is 4.44. The second-order valence-electron chi connectivity index (χ2n) is 5.57. The molecule has 0 aliphatic rings. The number of carbonyl (C=O) groups excluding carboxylic acids is 1. The van der Waals surface area contributed by atoms with Crippen molar-refractivity contribution in [1.29, 1.82) is 5.26 Å². The summed E-state index contributed by atoms with van der Waals surface area (Å²) >= 11 is 0. The number of amides is 1. The Labute approximate surface area is 141 Å². The van der Waals surface area contributed by atoms with Gasteiger partial charge in [-0.2, -0.15) is 5.26 Å². The van der Waals surface area contributed by atoms with Gasteiger partial charge in [0.2, 0.25) is 0 Å². The molecule has 1 heterocycles. The van der Waals surface area contributed by atoms with E-state index < -0.39 is 0 Å². The second-order valence-corrected chi connectivity index (χ2v) is 5.57. The van der Waals surface area contributed by atoms with Gasteiger partial charge in [-0.05, 0) is 36.2 Å². The molecule has 0 saturated carbocycles. The zero-order valence-corrected chi connectivity index (χ0v) is 13.4. The maximum absolute atomic E-state index is 12.7. The van der Waals surface area contributed by atoms with Gasteiger partial charge in [-0.3, -0.25) is 4.79 Å². The summed E-state index contributed by atoms with van der Waals surface area (Å²) in [5.74, 6) is -0.262. The van der Waals surface area contributed by atoms with Crippen LogP contribution in [0.3, 0.4) is 0 Å². The average Bonchev–Trinajstić information content (AvgIpc) is 3.05. The van der Waals surface area contributed by atoms with Crippen LogP contribution in [-0.2, 0) is 6.54 Å². The van der Waals surface area contributed by atoms with Gasteiger partial charge in [0.05, 0.1) is 5.56 Å². The van der Waals surface area contributed by atoms with Crippen molar-refractivity contribution in [2.24, 2.45) is 0 Å². The summed E-state index contributed by atoms with van der Waals surface area (Å²) in [5, 5.41) is 12.2. The van der Waals surface area contributed by atoms with E-state index in [-0.39, 0.29) is 5.91 Å². The topological polar surface area (TPSA) is 57.8 Å². The molecule has 0 aliphatic heterocycles. The van der Waals surface area contributed by atoms with Crippen LogP contribution in [0.25, 0.3) is 5.69 Å². The van der Waals surface area contributed by atoms with E-state index in [9.17, 15) is 10.1 Å². The monoisotopic (exact) mass is 315 g/mol. The lowest BCUT2D eigenvalue weighted by Crippen LogP contribution is -2.26. The minimum atomic E-state index is -0.262. The molecule has 0 atom stereocenters. The SMILES string of the molecule is Cc1cccc(-n2ccc(C#N)c2C(=O)NCc2ccccc2)c1. The molecule has 0 aliphatic carbocycles. The highest BCUT2D eigenvalue weighted by Gasteiger charge is 2.18. The van der Waals surface area contributed by atoms with Crippen LogP contribution in [0.1, 0.15) is 27.2 Å². The molecular weight excluding hydrogens is 298 g/mol. The molecule has 24 heavy (non-hydrogen) atoms. The smallest absolute Gasteiger partial charge is 0.269 e. The van der Waals surface area contributed by atoms with Crippen LogP contribution in [0.4, 0.5) is 0 Å². The largest absolute Gasteiger partial charge is 0.347 e. The molecule has 0 bridgehead atoms. The van der Waals surface area contributed by atoms with E-state index in [1.807, 2.05) is 61.5 Å². The van der Waals surface area contributed by atoms with Crippen LogP contribution in [-0.4, -0.2) is 10.5 Å². The first-order chi connectivity index (χ1) is 11.7. The Bertz CT molecular complexity index is 904. The highest BCUT2D eigenvalue weighted by molar-refractivity contribution is 5.95. The second kappa shape index (κ2) is 6.84. The predicted octanol–water partition coefficient (Wildman–Crippen LogP) is 3.59. The molecule has 4 nitrogen and oxygen atoms in total. The first-order valence-corrected chi connectivity index (χ1v) is 7.69. The quantitative estimate of drug-likeness (QED) is 0.800. The molecule has 4 heteroatoms. The van der Waals surface area contributed by atoms with Crippen molar-refractivity contribution in [2.45, 2.75) is 13.5 Å². The minimum Gasteiger partial charge on any atom is -0.347 e. The van der Waals surface area contributed by atoms with E-state index in [0.717, 1.165) is 16.8 Å². The van der Waals surface area contributed by atoms with Crippen LogP contribution >= 0.6 is 0 Å². The lowest BCUT2D eigenvalue weighted by atomic mass is 10.2. The number of nitriles is 1. The molecule has 1 aromatic heterocycles. The Balaban J connectivity index is 1.90. The number of benzene rings is 2. The van der Waals surface area contributed by atoms with Gasteiger partial charge in [0.15, 0.2) is 0 Å². The molecule has 1 N–H and O–H groups in total. The van der Waals surface area contributed by atoms with Crippen molar-refractivity contribution >= 4 is 5.91 Å². The number of carbonyl (C=O) groups is 1. The molecule has 0 fully saturated rings. The highest BCUT2D eigenvalue weighted by atomic mass is 16.1. The molecule has 0 saturated heterocycles. The van der Waals surface area contributed by atoms with Crippen LogP contribution in [0.15, 0.2) is 66.9 Å².